The van der Waals surface area contributed by atoms with Crippen LogP contribution in [0, 0.1) is 6.92 Å². The van der Waals surface area contributed by atoms with Crippen LogP contribution >= 0.6 is 66.1 Å². The first-order chi connectivity index (χ1) is 20.6. The van der Waals surface area contributed by atoms with Gasteiger partial charge < -0.3 is 20.4 Å². The number of aromatic amines is 4. The molecule has 0 fully saturated rings. The van der Waals surface area contributed by atoms with E-state index >= 15 is 0 Å². The first-order valence-electron chi connectivity index (χ1n) is 12.6. The Morgan fingerprint density at radius 3 is 2.07 bits per heavy atom. The van der Waals surface area contributed by atoms with Gasteiger partial charge in [0.1, 0.15) is 5.82 Å². The number of ether oxygens (including phenoxy) is 1. The van der Waals surface area contributed by atoms with Crippen LogP contribution < -0.4 is 21.6 Å². The molecule has 0 spiro atoms. The molecule has 0 atom stereocenters. The van der Waals surface area contributed by atoms with Crippen molar-refractivity contribution in [3.63, 3.8) is 0 Å². The van der Waals surface area contributed by atoms with Gasteiger partial charge in [-0.1, -0.05) is 26.5 Å². The molecular formula is C30H34Br2ClN7O3S2. The summed E-state index contributed by atoms with van der Waals surface area (Å²) in [6.07, 6.45) is 4.91. The molecule has 240 valence electrons. The van der Waals surface area contributed by atoms with Crippen LogP contribution in [-0.2, 0) is 12.8 Å². The number of methoxy groups -OCH3 is 1. The summed E-state index contributed by atoms with van der Waals surface area (Å²) in [7, 11) is 1.69. The zero-order chi connectivity index (χ0) is 30.9. The molecule has 0 unspecified atom stereocenters. The lowest BCUT2D eigenvalue weighted by Gasteiger charge is -1.96. The molecule has 0 radical (unpaired) electrons. The van der Waals surface area contributed by atoms with Crippen molar-refractivity contribution in [1.82, 2.24) is 30.4 Å². The molecule has 6 rings (SSSR count). The quantitative estimate of drug-likeness (QED) is 0.114. The lowest BCUT2D eigenvalue weighted by molar-refractivity contribution is 0.427. The van der Waals surface area contributed by atoms with Crippen molar-refractivity contribution in [3.8, 4) is 27.6 Å². The zero-order valence-corrected chi connectivity index (χ0v) is 28.4. The van der Waals surface area contributed by atoms with Gasteiger partial charge in [0, 0.05) is 42.9 Å². The molecule has 10 nitrogen and oxygen atoms in total. The zero-order valence-electron chi connectivity index (χ0n) is 22.8. The third-order valence-electron chi connectivity index (χ3n) is 5.72. The fourth-order valence-corrected chi connectivity index (χ4v) is 6.12. The minimum atomic E-state index is -0.183. The van der Waals surface area contributed by atoms with Crippen molar-refractivity contribution < 1.29 is 4.74 Å². The van der Waals surface area contributed by atoms with Gasteiger partial charge in [-0.15, -0.1) is 22.7 Å². The SMILES string of the molecule is C.C.COc1ccc(C)s1.Nc1cc(-c2cc(Br)c[nH]c2=O)[nH]n1.O=c1[nH]cc(Br)cc1-c1cc(CCc2ccc(Cl)s2)[nH]n1. The number of thiophene rings is 2. The molecule has 45 heavy (non-hydrogen) atoms. The average molecular weight is 800 g/mol. The molecule has 0 aromatic carbocycles. The van der Waals surface area contributed by atoms with Crippen molar-refractivity contribution in [2.75, 3.05) is 12.8 Å². The van der Waals surface area contributed by atoms with Crippen LogP contribution in [0.3, 0.4) is 0 Å². The second-order valence-corrected chi connectivity index (χ2v) is 13.8. The van der Waals surface area contributed by atoms with E-state index in [1.807, 2.05) is 30.3 Å². The number of aryl methyl sites for hydroxylation is 3. The van der Waals surface area contributed by atoms with Crippen LogP contribution in [0.25, 0.3) is 22.5 Å². The summed E-state index contributed by atoms with van der Waals surface area (Å²) in [5, 5.41) is 14.6. The largest absolute Gasteiger partial charge is 0.487 e. The van der Waals surface area contributed by atoms with Crippen LogP contribution in [0.1, 0.15) is 30.3 Å². The summed E-state index contributed by atoms with van der Waals surface area (Å²) >= 11 is 15.8. The maximum atomic E-state index is 11.8. The molecule has 0 aliphatic heterocycles. The first-order valence-corrected chi connectivity index (χ1v) is 16.2. The van der Waals surface area contributed by atoms with E-state index in [-0.39, 0.29) is 26.0 Å². The highest BCUT2D eigenvalue weighted by Crippen LogP contribution is 2.24. The Morgan fingerprint density at radius 2 is 1.53 bits per heavy atom. The number of pyridine rings is 2. The predicted molar refractivity (Wildman–Crippen MR) is 195 cm³/mol. The molecule has 0 aliphatic carbocycles. The molecule has 0 bridgehead atoms. The fourth-order valence-electron chi connectivity index (χ4n) is 3.67. The first kappa shape index (κ1) is 37.8. The maximum Gasteiger partial charge on any atom is 0.257 e. The number of nitrogens with zero attached hydrogens (tertiary/aromatic N) is 2. The normalized spacial score (nSPS) is 9.98. The van der Waals surface area contributed by atoms with Crippen molar-refractivity contribution in [1.29, 1.82) is 0 Å². The van der Waals surface area contributed by atoms with Gasteiger partial charge in [-0.05, 0) is 94.1 Å². The molecular weight excluding hydrogens is 766 g/mol. The van der Waals surface area contributed by atoms with Crippen LogP contribution in [0.4, 0.5) is 5.82 Å². The van der Waals surface area contributed by atoms with E-state index in [1.54, 1.807) is 60.4 Å². The summed E-state index contributed by atoms with van der Waals surface area (Å²) in [5.41, 5.74) is 8.40. The summed E-state index contributed by atoms with van der Waals surface area (Å²) in [5.74, 6) is 0.361. The number of nitrogen functional groups attached to an aromatic ring is 1. The molecule has 6 aromatic rings. The van der Waals surface area contributed by atoms with Gasteiger partial charge in [0.15, 0.2) is 5.06 Å². The Morgan fingerprint density at radius 1 is 0.867 bits per heavy atom. The standard InChI is InChI=1S/C14H11BrClN3OS.C8H7BrN4O.C6H8OS.2CH4/c15-8-5-11(14(20)17-7-8)12-6-9(18-19-12)1-2-10-3-4-13(16)21-10;9-4-1-5(8(14)11-3-4)6-2-7(10)13-12-6;1-5-3-4-6(7-2)8-5;;/h3-7H,1-2H2,(H,17,20)(H,18,19);1-3H,(H,11,14)(H3,10,12,13);3-4H,1-2H3;2*1H4. The lowest BCUT2D eigenvalue weighted by Crippen LogP contribution is -2.07. The van der Waals surface area contributed by atoms with Gasteiger partial charge in [0.05, 0.1) is 34.0 Å². The Hall–Kier alpha value is -3.43. The van der Waals surface area contributed by atoms with E-state index < -0.39 is 0 Å². The molecule has 6 N–H and O–H groups in total. The maximum absolute atomic E-state index is 11.8. The van der Waals surface area contributed by atoms with Crippen LogP contribution in [0.15, 0.2) is 79.5 Å². The molecule has 6 aromatic heterocycles. The third-order valence-corrected chi connectivity index (χ3v) is 8.89. The van der Waals surface area contributed by atoms with Crippen molar-refractivity contribution in [2.45, 2.75) is 34.6 Å². The number of H-pyrrole nitrogens is 4. The monoisotopic (exact) mass is 797 g/mol. The summed E-state index contributed by atoms with van der Waals surface area (Å²) in [6, 6.07) is 14.9. The fraction of sp³-hybridized carbons (Fsp3) is 0.200. The topological polar surface area (TPSA) is 158 Å². The molecule has 15 heteroatoms. The highest BCUT2D eigenvalue weighted by molar-refractivity contribution is 9.10. The second-order valence-electron chi connectivity index (χ2n) is 8.88. The number of halogens is 3. The van der Waals surface area contributed by atoms with Crippen LogP contribution in [0.2, 0.25) is 4.34 Å². The smallest absolute Gasteiger partial charge is 0.257 e. The number of nitrogens with two attached hydrogens (primary N) is 1. The Labute approximate surface area is 290 Å². The van der Waals surface area contributed by atoms with Crippen molar-refractivity contribution >= 4 is 72.0 Å². The highest BCUT2D eigenvalue weighted by atomic mass is 79.9. The summed E-state index contributed by atoms with van der Waals surface area (Å²) < 4.78 is 7.36. The van der Waals surface area contributed by atoms with Gasteiger partial charge in [0.2, 0.25) is 0 Å². The van der Waals surface area contributed by atoms with E-state index in [9.17, 15) is 9.59 Å². The van der Waals surface area contributed by atoms with Gasteiger partial charge in [0.25, 0.3) is 11.1 Å². The Kier molecular flexibility index (Phi) is 15.0. The molecule has 0 aliphatic rings. The Bertz CT molecular complexity index is 1910. The van der Waals surface area contributed by atoms with Gasteiger partial charge in [-0.25, -0.2) is 0 Å². The number of hydrogen-bond acceptors (Lipinski definition) is 8. The Balaban J connectivity index is 0.000000254. The van der Waals surface area contributed by atoms with Gasteiger partial charge in [-0.2, -0.15) is 10.2 Å². The number of hydrogen-bond donors (Lipinski definition) is 5. The summed E-state index contributed by atoms with van der Waals surface area (Å²) in [4.78, 5) is 31.0. The van der Waals surface area contributed by atoms with E-state index in [1.165, 1.54) is 9.75 Å². The van der Waals surface area contributed by atoms with E-state index in [0.29, 0.717) is 28.3 Å². The van der Waals surface area contributed by atoms with E-state index in [4.69, 9.17) is 22.1 Å². The molecule has 6 heterocycles. The van der Waals surface area contributed by atoms with Gasteiger partial charge >= 0.3 is 0 Å². The predicted octanol–water partition coefficient (Wildman–Crippen LogP) is 8.47. The third kappa shape index (κ3) is 11.2. The molecule has 0 saturated heterocycles. The average Bonchev–Trinajstić information content (AvgIpc) is 3.80. The highest BCUT2D eigenvalue weighted by Gasteiger charge is 2.10. The van der Waals surface area contributed by atoms with E-state index in [0.717, 1.165) is 36.9 Å². The van der Waals surface area contributed by atoms with Crippen LogP contribution in [-0.4, -0.2) is 37.5 Å². The van der Waals surface area contributed by atoms with E-state index in [2.05, 4.69) is 69.1 Å². The summed E-state index contributed by atoms with van der Waals surface area (Å²) in [6.45, 7) is 2.06. The number of anilines is 1. The molecule has 0 amide bonds. The number of rotatable bonds is 6. The number of aromatic nitrogens is 6. The minimum absolute atomic E-state index is 0. The van der Waals surface area contributed by atoms with Crippen molar-refractivity contribution in [3.05, 3.63) is 110 Å². The second kappa shape index (κ2) is 17.9. The lowest BCUT2D eigenvalue weighted by atomic mass is 10.1. The van der Waals surface area contributed by atoms with Gasteiger partial charge in [-0.3, -0.25) is 19.8 Å². The minimum Gasteiger partial charge on any atom is -0.487 e. The number of nitrogens with one attached hydrogen (secondary N) is 4. The van der Waals surface area contributed by atoms with Crippen molar-refractivity contribution in [2.24, 2.45) is 0 Å². The van der Waals surface area contributed by atoms with Crippen LogP contribution in [0.5, 0.6) is 5.06 Å². The molecule has 0 saturated carbocycles.